The van der Waals surface area contributed by atoms with Gasteiger partial charge in [-0.25, -0.2) is 4.39 Å². The van der Waals surface area contributed by atoms with Gasteiger partial charge in [-0.15, -0.1) is 0 Å². The van der Waals surface area contributed by atoms with Crippen molar-refractivity contribution in [3.63, 3.8) is 0 Å². The van der Waals surface area contributed by atoms with Gasteiger partial charge in [-0.05, 0) is 67.5 Å². The van der Waals surface area contributed by atoms with Gasteiger partial charge in [0.25, 0.3) is 5.91 Å². The van der Waals surface area contributed by atoms with E-state index in [1.807, 2.05) is 62.6 Å². The normalized spacial score (nSPS) is 13.9. The fourth-order valence-electron chi connectivity index (χ4n) is 4.10. The highest BCUT2D eigenvalue weighted by Crippen LogP contribution is 2.38. The van der Waals surface area contributed by atoms with E-state index in [-0.39, 0.29) is 11.8 Å². The Morgan fingerprint density at radius 3 is 2.31 bits per heavy atom. The van der Waals surface area contributed by atoms with E-state index in [9.17, 15) is 14.0 Å². The number of nitrogens with one attached hydrogen (secondary N) is 3. The number of amides is 2. The summed E-state index contributed by atoms with van der Waals surface area (Å²) in [6.07, 6.45) is 1.03. The summed E-state index contributed by atoms with van der Waals surface area (Å²) in [7, 11) is 5.66. The molecule has 0 saturated heterocycles. The third-order valence-electron chi connectivity index (χ3n) is 5.86. The molecule has 180 valence electrons. The summed E-state index contributed by atoms with van der Waals surface area (Å²) in [4.78, 5) is 26.7. The molecule has 0 bridgehead atoms. The summed E-state index contributed by atoms with van der Waals surface area (Å²) in [5.74, 6) is -0.708. The maximum atomic E-state index is 13.8. The predicted molar refractivity (Wildman–Crippen MR) is 138 cm³/mol. The Hall–Kier alpha value is -3.97. The van der Waals surface area contributed by atoms with Crippen LogP contribution in [0.2, 0.25) is 0 Å². The molecule has 1 heterocycles. The molecule has 2 amide bonds. The molecule has 3 aromatic rings. The van der Waals surface area contributed by atoms with Crippen LogP contribution < -0.4 is 16.0 Å². The Balaban J connectivity index is 1.72. The molecule has 35 heavy (non-hydrogen) atoms. The number of aryl methyl sites for hydroxylation is 1. The van der Waals surface area contributed by atoms with Crippen LogP contribution in [0.4, 0.5) is 15.8 Å². The van der Waals surface area contributed by atoms with E-state index < -0.39 is 5.82 Å². The number of halogens is 1. The molecular formula is C28H29FN4O2. The molecule has 4 rings (SSSR count). The van der Waals surface area contributed by atoms with Crippen LogP contribution in [-0.4, -0.2) is 37.9 Å². The summed E-state index contributed by atoms with van der Waals surface area (Å²) in [6.45, 7) is 0.826. The van der Waals surface area contributed by atoms with Gasteiger partial charge in [0.15, 0.2) is 0 Å². The van der Waals surface area contributed by atoms with Crippen LogP contribution in [0.1, 0.15) is 28.7 Å². The maximum absolute atomic E-state index is 13.8. The molecule has 7 heteroatoms. The zero-order valence-corrected chi connectivity index (χ0v) is 20.1. The predicted octanol–water partition coefficient (Wildman–Crippen LogP) is 4.50. The number of benzene rings is 3. The zero-order valence-electron chi connectivity index (χ0n) is 20.1. The summed E-state index contributed by atoms with van der Waals surface area (Å²) >= 11 is 0. The van der Waals surface area contributed by atoms with E-state index in [2.05, 4.69) is 20.9 Å². The smallest absolute Gasteiger partial charge is 0.258 e. The Kier molecular flexibility index (Phi) is 7.27. The van der Waals surface area contributed by atoms with Crippen molar-refractivity contribution >= 4 is 34.5 Å². The average Bonchev–Trinajstić information content (AvgIpc) is 3.16. The van der Waals surface area contributed by atoms with Crippen molar-refractivity contribution in [1.82, 2.24) is 10.2 Å². The quantitative estimate of drug-likeness (QED) is 0.422. The van der Waals surface area contributed by atoms with Crippen molar-refractivity contribution in [3.8, 4) is 0 Å². The number of carbonyl (C=O) groups is 2. The molecule has 0 atom stereocenters. The molecule has 0 saturated carbocycles. The van der Waals surface area contributed by atoms with Gasteiger partial charge in [0.2, 0.25) is 5.91 Å². The first-order valence-electron chi connectivity index (χ1n) is 11.5. The van der Waals surface area contributed by atoms with Crippen molar-refractivity contribution in [2.75, 3.05) is 31.8 Å². The SMILES string of the molecule is CNC(=O)CCc1ccc(/C(Nc2ccc(CN(C)C)cc2)=C2/C(=O)Nc3cc(F)ccc32)cc1. The van der Waals surface area contributed by atoms with Gasteiger partial charge in [0.05, 0.1) is 17.0 Å². The van der Waals surface area contributed by atoms with Crippen molar-refractivity contribution < 1.29 is 14.0 Å². The lowest BCUT2D eigenvalue weighted by atomic mass is 9.98. The second kappa shape index (κ2) is 10.5. The van der Waals surface area contributed by atoms with E-state index in [1.165, 1.54) is 17.7 Å². The number of hydrogen-bond acceptors (Lipinski definition) is 4. The molecule has 6 nitrogen and oxygen atoms in total. The molecule has 0 radical (unpaired) electrons. The van der Waals surface area contributed by atoms with Gasteiger partial charge in [0, 0.05) is 31.3 Å². The van der Waals surface area contributed by atoms with Gasteiger partial charge >= 0.3 is 0 Å². The number of hydrogen-bond donors (Lipinski definition) is 3. The summed E-state index contributed by atoms with van der Waals surface area (Å²) in [6, 6.07) is 20.1. The highest BCUT2D eigenvalue weighted by molar-refractivity contribution is 6.37. The first-order chi connectivity index (χ1) is 16.8. The number of carbonyl (C=O) groups excluding carboxylic acids is 2. The van der Waals surface area contributed by atoms with Gasteiger partial charge in [0.1, 0.15) is 5.82 Å². The van der Waals surface area contributed by atoms with Gasteiger partial charge in [-0.1, -0.05) is 36.4 Å². The monoisotopic (exact) mass is 472 g/mol. The summed E-state index contributed by atoms with van der Waals surface area (Å²) in [5.41, 5.74) is 6.03. The van der Waals surface area contributed by atoms with Gasteiger partial charge in [-0.2, -0.15) is 0 Å². The van der Waals surface area contributed by atoms with Crippen molar-refractivity contribution in [2.45, 2.75) is 19.4 Å². The molecule has 1 aliphatic rings. The molecule has 3 aromatic carbocycles. The van der Waals surface area contributed by atoms with Crippen LogP contribution in [0.25, 0.3) is 11.3 Å². The van der Waals surface area contributed by atoms with Crippen molar-refractivity contribution in [2.24, 2.45) is 0 Å². The molecule has 3 N–H and O–H groups in total. The summed E-state index contributed by atoms with van der Waals surface area (Å²) < 4.78 is 13.8. The van der Waals surface area contributed by atoms with Crippen LogP contribution in [0, 0.1) is 5.82 Å². The second-order valence-corrected chi connectivity index (χ2v) is 8.82. The lowest BCUT2D eigenvalue weighted by Gasteiger charge is -2.16. The number of anilines is 2. The average molecular weight is 473 g/mol. The highest BCUT2D eigenvalue weighted by atomic mass is 19.1. The number of nitrogens with zero attached hydrogens (tertiary/aromatic N) is 1. The summed E-state index contributed by atoms with van der Waals surface area (Å²) in [5, 5.41) is 8.84. The molecule has 0 unspecified atom stereocenters. The minimum absolute atomic E-state index is 0.0114. The van der Waals surface area contributed by atoms with Crippen molar-refractivity contribution in [3.05, 3.63) is 94.8 Å². The molecule has 0 spiro atoms. The fraction of sp³-hybridized carbons (Fsp3) is 0.214. The first-order valence-corrected chi connectivity index (χ1v) is 11.5. The van der Waals surface area contributed by atoms with Gasteiger partial charge in [-0.3, -0.25) is 9.59 Å². The lowest BCUT2D eigenvalue weighted by molar-refractivity contribution is -0.120. The molecule has 0 aromatic heterocycles. The van der Waals surface area contributed by atoms with E-state index in [0.717, 1.165) is 23.4 Å². The van der Waals surface area contributed by atoms with E-state index >= 15 is 0 Å². The topological polar surface area (TPSA) is 73.5 Å². The minimum atomic E-state index is -0.406. The standard InChI is InChI=1S/C28H29FN4O2/c1-30-25(34)15-8-18-4-9-20(10-5-18)27(31-22-12-6-19(7-13-22)17-33(2)3)26-23-14-11-21(29)16-24(23)32-28(26)35/h4-7,9-14,16,31H,8,15,17H2,1-3H3,(H,30,34)(H,32,35)/b27-26-. The van der Waals surface area contributed by atoms with Crippen LogP contribution in [0.3, 0.4) is 0 Å². The van der Waals surface area contributed by atoms with E-state index in [1.54, 1.807) is 13.1 Å². The zero-order chi connectivity index (χ0) is 24.9. The Morgan fingerprint density at radius 2 is 1.66 bits per heavy atom. The Morgan fingerprint density at radius 1 is 0.971 bits per heavy atom. The van der Waals surface area contributed by atoms with Crippen molar-refractivity contribution in [1.29, 1.82) is 0 Å². The Bertz CT molecular complexity index is 1270. The van der Waals surface area contributed by atoms with Crippen LogP contribution in [-0.2, 0) is 22.6 Å². The third-order valence-corrected chi connectivity index (χ3v) is 5.86. The fourth-order valence-corrected chi connectivity index (χ4v) is 4.10. The van der Waals surface area contributed by atoms with Crippen LogP contribution in [0.5, 0.6) is 0 Å². The minimum Gasteiger partial charge on any atom is -0.359 e. The molecular weight excluding hydrogens is 443 g/mol. The van der Waals surface area contributed by atoms with Crippen LogP contribution in [0.15, 0.2) is 66.7 Å². The molecule has 1 aliphatic heterocycles. The van der Waals surface area contributed by atoms with Crippen LogP contribution >= 0.6 is 0 Å². The number of fused-ring (bicyclic) bond motifs is 1. The Labute approximate surface area is 204 Å². The number of rotatable bonds is 8. The highest BCUT2D eigenvalue weighted by Gasteiger charge is 2.28. The maximum Gasteiger partial charge on any atom is 0.258 e. The van der Waals surface area contributed by atoms with Gasteiger partial charge < -0.3 is 20.9 Å². The molecule has 0 fully saturated rings. The van der Waals surface area contributed by atoms with E-state index in [0.29, 0.717) is 35.4 Å². The molecule has 0 aliphatic carbocycles. The van der Waals surface area contributed by atoms with E-state index in [4.69, 9.17) is 0 Å². The largest absolute Gasteiger partial charge is 0.359 e. The lowest BCUT2D eigenvalue weighted by Crippen LogP contribution is -2.17. The third kappa shape index (κ3) is 5.75. The first kappa shape index (κ1) is 24.2. The second-order valence-electron chi connectivity index (χ2n) is 8.82.